The van der Waals surface area contributed by atoms with Gasteiger partial charge in [0.2, 0.25) is 0 Å². The molecule has 0 radical (unpaired) electrons. The number of hydrogen-bond acceptors (Lipinski definition) is 4. The Kier molecular flexibility index (Phi) is 5.67. The predicted octanol–water partition coefficient (Wildman–Crippen LogP) is 5.21. The van der Waals surface area contributed by atoms with Crippen LogP contribution in [0.2, 0.25) is 5.02 Å². The third kappa shape index (κ3) is 3.93. The molecule has 8 heteroatoms. The smallest absolute Gasteiger partial charge is 0.280 e. The van der Waals surface area contributed by atoms with E-state index in [1.165, 1.54) is 10.9 Å². The number of aromatic nitrogens is 2. The molecule has 5 nitrogen and oxygen atoms in total. The minimum atomic E-state index is -0.184. The first kappa shape index (κ1) is 18.5. The highest BCUT2D eigenvalue weighted by Crippen LogP contribution is 2.30. The number of aromatic amines is 1. The first-order valence-corrected chi connectivity index (χ1v) is 9.45. The molecule has 130 valence electrons. The van der Waals surface area contributed by atoms with E-state index in [1.54, 1.807) is 18.2 Å². The van der Waals surface area contributed by atoms with E-state index < -0.39 is 0 Å². The second-order valence-corrected chi connectivity index (χ2v) is 7.48. The van der Waals surface area contributed by atoms with Crippen LogP contribution in [0.3, 0.4) is 0 Å². The SMILES string of the molecule is Cc1[nH]n(-c2ccc(Br)cc2)c(=O)c1C=Nc1ccc(SC#N)c(Cl)c1. The van der Waals surface area contributed by atoms with Crippen LogP contribution in [0.4, 0.5) is 5.69 Å². The topological polar surface area (TPSA) is 73.9 Å². The van der Waals surface area contributed by atoms with E-state index in [0.29, 0.717) is 26.9 Å². The summed E-state index contributed by atoms with van der Waals surface area (Å²) in [5, 5.41) is 14.2. The fraction of sp³-hybridized carbons (Fsp3) is 0.0556. The van der Waals surface area contributed by atoms with Crippen molar-refractivity contribution in [2.75, 3.05) is 0 Å². The quantitative estimate of drug-likeness (QED) is 0.339. The average molecular weight is 448 g/mol. The summed E-state index contributed by atoms with van der Waals surface area (Å²) in [5.41, 5.74) is 2.34. The fourth-order valence-electron chi connectivity index (χ4n) is 2.32. The van der Waals surface area contributed by atoms with Gasteiger partial charge in [-0.25, -0.2) is 4.68 Å². The van der Waals surface area contributed by atoms with E-state index in [-0.39, 0.29) is 5.56 Å². The van der Waals surface area contributed by atoms with Gasteiger partial charge < -0.3 is 0 Å². The number of nitriles is 1. The molecule has 0 atom stereocenters. The molecule has 0 aliphatic rings. The van der Waals surface area contributed by atoms with Crippen molar-refractivity contribution in [3.63, 3.8) is 0 Å². The fourth-order valence-corrected chi connectivity index (χ4v) is 3.27. The monoisotopic (exact) mass is 446 g/mol. The molecule has 3 rings (SSSR count). The van der Waals surface area contributed by atoms with Crippen LogP contribution in [0.25, 0.3) is 5.69 Å². The van der Waals surface area contributed by atoms with Gasteiger partial charge in [-0.05, 0) is 61.2 Å². The second-order valence-electron chi connectivity index (χ2n) is 5.33. The molecule has 0 bridgehead atoms. The van der Waals surface area contributed by atoms with E-state index >= 15 is 0 Å². The zero-order chi connectivity index (χ0) is 18.7. The van der Waals surface area contributed by atoms with Crippen LogP contribution in [0, 0.1) is 17.6 Å². The molecule has 0 fully saturated rings. The zero-order valence-electron chi connectivity index (χ0n) is 13.5. The number of benzene rings is 2. The van der Waals surface area contributed by atoms with Crippen LogP contribution in [0.5, 0.6) is 0 Å². The maximum atomic E-state index is 12.7. The van der Waals surface area contributed by atoms with E-state index in [4.69, 9.17) is 16.9 Å². The van der Waals surface area contributed by atoms with Crippen molar-refractivity contribution < 1.29 is 0 Å². The van der Waals surface area contributed by atoms with Crippen LogP contribution in [0.1, 0.15) is 11.3 Å². The van der Waals surface area contributed by atoms with Crippen LogP contribution < -0.4 is 5.56 Å². The third-order valence-corrected chi connectivity index (χ3v) is 5.24. The lowest BCUT2D eigenvalue weighted by Gasteiger charge is -2.00. The Morgan fingerprint density at radius 3 is 2.69 bits per heavy atom. The van der Waals surface area contributed by atoms with Gasteiger partial charge in [-0.2, -0.15) is 5.26 Å². The first-order chi connectivity index (χ1) is 12.5. The van der Waals surface area contributed by atoms with Gasteiger partial charge in [-0.3, -0.25) is 14.9 Å². The molecule has 3 aromatic rings. The van der Waals surface area contributed by atoms with E-state index in [0.717, 1.165) is 21.9 Å². The van der Waals surface area contributed by atoms with Crippen molar-refractivity contribution in [3.05, 3.63) is 73.6 Å². The highest BCUT2D eigenvalue weighted by atomic mass is 79.9. The number of nitrogens with zero attached hydrogens (tertiary/aromatic N) is 3. The molecule has 2 aromatic carbocycles. The molecule has 1 heterocycles. The normalized spacial score (nSPS) is 11.0. The molecule has 1 N–H and O–H groups in total. The summed E-state index contributed by atoms with van der Waals surface area (Å²) < 4.78 is 2.41. The Bertz CT molecular complexity index is 1080. The highest BCUT2D eigenvalue weighted by molar-refractivity contribution is 9.10. The summed E-state index contributed by atoms with van der Waals surface area (Å²) >= 11 is 10.5. The summed E-state index contributed by atoms with van der Waals surface area (Å²) in [5.74, 6) is 0. The largest absolute Gasteiger partial charge is 0.295 e. The number of H-pyrrole nitrogens is 1. The Balaban J connectivity index is 1.92. The van der Waals surface area contributed by atoms with Gasteiger partial charge in [-0.15, -0.1) is 0 Å². The number of halogens is 2. The van der Waals surface area contributed by atoms with Crippen molar-refractivity contribution in [2.24, 2.45) is 4.99 Å². The lowest BCUT2D eigenvalue weighted by molar-refractivity contribution is 0.835. The molecule has 26 heavy (non-hydrogen) atoms. The number of hydrogen-bond donors (Lipinski definition) is 1. The molecule has 0 saturated carbocycles. The van der Waals surface area contributed by atoms with Crippen molar-refractivity contribution in [1.82, 2.24) is 9.78 Å². The van der Waals surface area contributed by atoms with Crippen LogP contribution >= 0.6 is 39.3 Å². The van der Waals surface area contributed by atoms with Crippen LogP contribution in [0.15, 0.2) is 61.6 Å². The average Bonchev–Trinajstić information content (AvgIpc) is 2.90. The van der Waals surface area contributed by atoms with Crippen LogP contribution in [-0.4, -0.2) is 16.0 Å². The van der Waals surface area contributed by atoms with Crippen molar-refractivity contribution >= 4 is 51.2 Å². The highest BCUT2D eigenvalue weighted by Gasteiger charge is 2.11. The molecule has 0 aliphatic carbocycles. The third-order valence-electron chi connectivity index (χ3n) is 3.62. The Hall–Kier alpha value is -2.27. The van der Waals surface area contributed by atoms with Gasteiger partial charge in [0.25, 0.3) is 5.56 Å². The van der Waals surface area contributed by atoms with E-state index in [9.17, 15) is 4.79 Å². The Labute approximate surface area is 167 Å². The van der Waals surface area contributed by atoms with E-state index in [1.807, 2.05) is 36.6 Å². The summed E-state index contributed by atoms with van der Waals surface area (Å²) in [6.07, 6.45) is 1.52. The Morgan fingerprint density at radius 1 is 1.31 bits per heavy atom. The number of thiocyanates is 1. The summed E-state index contributed by atoms with van der Waals surface area (Å²) in [6.45, 7) is 1.82. The van der Waals surface area contributed by atoms with Gasteiger partial charge >= 0.3 is 0 Å². The minimum Gasteiger partial charge on any atom is -0.295 e. The summed E-state index contributed by atoms with van der Waals surface area (Å²) in [6, 6.07) is 12.6. The molecular formula is C18H12BrClN4OS. The van der Waals surface area contributed by atoms with E-state index in [2.05, 4.69) is 26.0 Å². The van der Waals surface area contributed by atoms with Gasteiger partial charge in [0.05, 0.1) is 22.0 Å². The first-order valence-electron chi connectivity index (χ1n) is 7.46. The van der Waals surface area contributed by atoms with Crippen LogP contribution in [-0.2, 0) is 0 Å². The van der Waals surface area contributed by atoms with Crippen molar-refractivity contribution in [2.45, 2.75) is 11.8 Å². The molecule has 0 spiro atoms. The van der Waals surface area contributed by atoms with Gasteiger partial charge in [0, 0.05) is 21.3 Å². The lowest BCUT2D eigenvalue weighted by Crippen LogP contribution is -2.17. The molecule has 0 saturated heterocycles. The summed E-state index contributed by atoms with van der Waals surface area (Å²) in [7, 11) is 0. The van der Waals surface area contributed by atoms with Gasteiger partial charge in [-0.1, -0.05) is 27.5 Å². The van der Waals surface area contributed by atoms with Gasteiger partial charge in [0.1, 0.15) is 5.40 Å². The molecule has 0 amide bonds. The Morgan fingerprint density at radius 2 is 2.04 bits per heavy atom. The molecule has 1 aromatic heterocycles. The second kappa shape index (κ2) is 7.96. The molecule has 0 aliphatic heterocycles. The predicted molar refractivity (Wildman–Crippen MR) is 109 cm³/mol. The standard InChI is InChI=1S/C18H12BrClN4OS/c1-11-15(9-22-13-4-7-17(26-10-21)16(20)8-13)18(25)24(23-11)14-5-2-12(19)3-6-14/h2-9,23H,1H3. The summed E-state index contributed by atoms with van der Waals surface area (Å²) in [4.78, 5) is 17.7. The zero-order valence-corrected chi connectivity index (χ0v) is 16.7. The number of aliphatic imine (C=N–C) groups is 1. The maximum Gasteiger partial charge on any atom is 0.280 e. The van der Waals surface area contributed by atoms with Crippen molar-refractivity contribution in [1.29, 1.82) is 5.26 Å². The maximum absolute atomic E-state index is 12.7. The van der Waals surface area contributed by atoms with Gasteiger partial charge in [0.15, 0.2) is 0 Å². The number of nitrogens with one attached hydrogen (secondary N) is 1. The number of thioether (sulfide) groups is 1. The molecule has 0 unspecified atom stereocenters. The lowest BCUT2D eigenvalue weighted by atomic mass is 10.2. The minimum absolute atomic E-state index is 0.184. The number of aryl methyl sites for hydroxylation is 1. The number of rotatable bonds is 4. The van der Waals surface area contributed by atoms with Crippen molar-refractivity contribution in [3.8, 4) is 11.1 Å². The molecular weight excluding hydrogens is 436 g/mol.